The van der Waals surface area contributed by atoms with E-state index in [-0.39, 0.29) is 0 Å². The van der Waals surface area contributed by atoms with Crippen LogP contribution >= 0.6 is 0 Å². The summed E-state index contributed by atoms with van der Waals surface area (Å²) in [6.07, 6.45) is 9.56. The van der Waals surface area contributed by atoms with E-state index in [9.17, 15) is 0 Å². The number of fused-ring (bicyclic) bond motifs is 1. The molecule has 1 aromatic carbocycles. The van der Waals surface area contributed by atoms with Crippen molar-refractivity contribution in [3.05, 3.63) is 29.8 Å². The molecule has 16 heavy (non-hydrogen) atoms. The number of hydrogen-bond acceptors (Lipinski definition) is 0. The van der Waals surface area contributed by atoms with Gasteiger partial charge in [-0.05, 0) is 0 Å². The van der Waals surface area contributed by atoms with Crippen LogP contribution in [0.2, 0.25) is 0 Å². The van der Waals surface area contributed by atoms with Crippen molar-refractivity contribution in [2.75, 3.05) is 5.44 Å². The van der Waals surface area contributed by atoms with E-state index in [0.29, 0.717) is 15.0 Å². The molecular formula is C14H18NSe+. The Morgan fingerprint density at radius 3 is 2.75 bits per heavy atom. The molecular weight excluding hydrogens is 261 g/mol. The average Bonchev–Trinajstić information content (AvgIpc) is 2.39. The van der Waals surface area contributed by atoms with Crippen LogP contribution in [0.4, 0.5) is 0 Å². The second-order valence-corrected chi connectivity index (χ2v) is 6.82. The van der Waals surface area contributed by atoms with Gasteiger partial charge in [-0.15, -0.1) is 0 Å². The Kier molecular flexibility index (Phi) is 3.12. The maximum absolute atomic E-state index is 2.63. The topological polar surface area (TPSA) is 3.01 Å². The zero-order valence-electron chi connectivity index (χ0n) is 9.56. The van der Waals surface area contributed by atoms with Crippen molar-refractivity contribution in [2.24, 2.45) is 0 Å². The molecule has 2 aliphatic rings. The molecule has 0 amide bonds. The third-order valence-electron chi connectivity index (χ3n) is 3.64. The summed E-state index contributed by atoms with van der Waals surface area (Å²) < 4.78 is 4.21. The van der Waals surface area contributed by atoms with Gasteiger partial charge in [-0.1, -0.05) is 0 Å². The van der Waals surface area contributed by atoms with Crippen LogP contribution in [-0.2, 0) is 0 Å². The zero-order chi connectivity index (χ0) is 10.8. The molecule has 1 aromatic rings. The average molecular weight is 279 g/mol. The fourth-order valence-corrected chi connectivity index (χ4v) is 4.88. The molecule has 0 saturated heterocycles. The molecule has 0 N–H and O–H groups in total. The maximum atomic E-state index is 2.63. The van der Waals surface area contributed by atoms with Gasteiger partial charge in [0.25, 0.3) is 0 Å². The third kappa shape index (κ3) is 2.09. The first-order valence-electron chi connectivity index (χ1n) is 6.26. The van der Waals surface area contributed by atoms with Gasteiger partial charge in [-0.3, -0.25) is 0 Å². The fraction of sp³-hybridized carbons (Fsp3) is 0.500. The minimum atomic E-state index is 0.656. The summed E-state index contributed by atoms with van der Waals surface area (Å²) in [4.78, 5) is 0. The van der Waals surface area contributed by atoms with Crippen LogP contribution < -0.4 is 4.46 Å². The van der Waals surface area contributed by atoms with Gasteiger partial charge in [-0.25, -0.2) is 0 Å². The van der Waals surface area contributed by atoms with Crippen LogP contribution in [0.3, 0.4) is 0 Å². The van der Waals surface area contributed by atoms with E-state index in [4.69, 9.17) is 0 Å². The number of rotatable bonds is 1. The Bertz CT molecular complexity index is 405. The molecule has 1 nitrogen and oxygen atoms in total. The number of hydrogen-bond donors (Lipinski definition) is 0. The Balaban J connectivity index is 1.85. The molecule has 1 fully saturated rings. The van der Waals surface area contributed by atoms with Gasteiger partial charge < -0.3 is 0 Å². The summed E-state index contributed by atoms with van der Waals surface area (Å²) in [5.74, 6) is 0. The van der Waals surface area contributed by atoms with E-state index in [1.165, 1.54) is 43.1 Å². The van der Waals surface area contributed by atoms with E-state index in [0.717, 1.165) is 6.04 Å². The van der Waals surface area contributed by atoms with Crippen LogP contribution in [0.5, 0.6) is 0 Å². The second-order valence-electron chi connectivity index (χ2n) is 4.75. The van der Waals surface area contributed by atoms with Gasteiger partial charge in [0.15, 0.2) is 0 Å². The van der Waals surface area contributed by atoms with Gasteiger partial charge >= 0.3 is 104 Å². The van der Waals surface area contributed by atoms with E-state index < -0.39 is 0 Å². The molecule has 0 spiro atoms. The summed E-state index contributed by atoms with van der Waals surface area (Å²) in [7, 11) is 0. The third-order valence-corrected chi connectivity index (χ3v) is 5.97. The Hall–Kier alpha value is -0.591. The molecule has 1 aliphatic heterocycles. The molecule has 3 rings (SSSR count). The van der Waals surface area contributed by atoms with Crippen LogP contribution in [0.15, 0.2) is 24.3 Å². The molecule has 84 valence electrons. The second kappa shape index (κ2) is 4.73. The molecule has 0 atom stereocenters. The van der Waals surface area contributed by atoms with E-state index in [1.54, 1.807) is 4.46 Å². The molecule has 2 heteroatoms. The molecule has 0 aromatic heterocycles. The minimum absolute atomic E-state index is 0.656. The van der Waals surface area contributed by atoms with E-state index >= 15 is 0 Å². The van der Waals surface area contributed by atoms with Gasteiger partial charge in [0.05, 0.1) is 0 Å². The van der Waals surface area contributed by atoms with Crippen LogP contribution in [-0.4, -0.2) is 37.2 Å². The summed E-state index contributed by atoms with van der Waals surface area (Å²) in [5, 5.41) is 0. The Labute approximate surface area is 104 Å². The zero-order valence-corrected chi connectivity index (χ0v) is 11.3. The molecule has 1 aliphatic carbocycles. The van der Waals surface area contributed by atoms with Crippen molar-refractivity contribution in [2.45, 2.75) is 38.1 Å². The molecule has 0 bridgehead atoms. The summed E-state index contributed by atoms with van der Waals surface area (Å²) in [5.41, 5.74) is 2.76. The van der Waals surface area contributed by atoms with E-state index in [2.05, 4.69) is 35.1 Å². The van der Waals surface area contributed by atoms with E-state index in [1.807, 2.05) is 0 Å². The summed E-state index contributed by atoms with van der Waals surface area (Å²) in [6.45, 7) is 0. The van der Waals surface area contributed by atoms with Gasteiger partial charge in [-0.2, -0.15) is 0 Å². The first-order valence-corrected chi connectivity index (χ1v) is 8.33. The normalized spacial score (nSPS) is 21.4. The first kappa shape index (κ1) is 10.6. The first-order chi connectivity index (χ1) is 7.93. The molecule has 1 heterocycles. The predicted molar refractivity (Wildman–Crippen MR) is 69.0 cm³/mol. The van der Waals surface area contributed by atoms with Crippen molar-refractivity contribution >= 4 is 25.6 Å². The monoisotopic (exact) mass is 280 g/mol. The van der Waals surface area contributed by atoms with Crippen molar-refractivity contribution < 1.29 is 4.58 Å². The molecule has 0 radical (unpaired) electrons. The van der Waals surface area contributed by atoms with Crippen LogP contribution in [0.1, 0.15) is 37.7 Å². The number of benzene rings is 1. The SMILES string of the molecule is C1=[N+](C2CCCCC2)C[Se]c2ccccc21. The van der Waals surface area contributed by atoms with Gasteiger partial charge in [0.2, 0.25) is 0 Å². The van der Waals surface area contributed by atoms with Crippen molar-refractivity contribution in [1.29, 1.82) is 0 Å². The van der Waals surface area contributed by atoms with Crippen LogP contribution in [0, 0.1) is 0 Å². The quantitative estimate of drug-likeness (QED) is 0.544. The van der Waals surface area contributed by atoms with Crippen LogP contribution in [0.25, 0.3) is 0 Å². The molecule has 0 unspecified atom stereocenters. The van der Waals surface area contributed by atoms with Gasteiger partial charge in [0, 0.05) is 0 Å². The van der Waals surface area contributed by atoms with Crippen molar-refractivity contribution in [3.63, 3.8) is 0 Å². The van der Waals surface area contributed by atoms with Crippen molar-refractivity contribution in [3.8, 4) is 0 Å². The summed E-state index contributed by atoms with van der Waals surface area (Å²) in [6, 6.07) is 9.74. The van der Waals surface area contributed by atoms with Gasteiger partial charge in [0.1, 0.15) is 0 Å². The Morgan fingerprint density at radius 2 is 1.88 bits per heavy atom. The fourth-order valence-electron chi connectivity index (χ4n) is 2.70. The number of nitrogens with zero attached hydrogens (tertiary/aromatic N) is 1. The standard InChI is InChI=1S/C14H18NSe/c1-2-7-13(8-3-1)15-10-12-6-4-5-9-14(12)16-11-15/h4-6,9-10,13H,1-3,7-8,11H2/q+1. The summed E-state index contributed by atoms with van der Waals surface area (Å²) >= 11 is 0.656. The van der Waals surface area contributed by atoms with Crippen molar-refractivity contribution in [1.82, 2.24) is 0 Å². The molecule has 1 saturated carbocycles. The Morgan fingerprint density at radius 1 is 1.06 bits per heavy atom. The predicted octanol–water partition coefficient (Wildman–Crippen LogP) is 1.75.